The Bertz CT molecular complexity index is 356. The highest BCUT2D eigenvalue weighted by Crippen LogP contribution is 2.19. The normalized spacial score (nSPS) is 20.6. The summed E-state index contributed by atoms with van der Waals surface area (Å²) in [5.74, 6) is -0.405. The predicted octanol–water partition coefficient (Wildman–Crippen LogP) is 1.21. The van der Waals surface area contributed by atoms with Crippen LogP contribution in [-0.4, -0.2) is 29.1 Å². The van der Waals surface area contributed by atoms with E-state index in [2.05, 4.69) is 5.16 Å². The second kappa shape index (κ2) is 4.98. The molecule has 1 fully saturated rings. The summed E-state index contributed by atoms with van der Waals surface area (Å²) in [5, 5.41) is 12.2. The number of rotatable bonds is 4. The summed E-state index contributed by atoms with van der Waals surface area (Å²) in [4.78, 5) is 10.4. The van der Waals surface area contributed by atoms with Gasteiger partial charge in [-0.1, -0.05) is 0 Å². The van der Waals surface area contributed by atoms with Gasteiger partial charge in [0.1, 0.15) is 6.42 Å². The largest absolute Gasteiger partial charge is 0.481 e. The van der Waals surface area contributed by atoms with Crippen LogP contribution in [-0.2, 0) is 16.0 Å². The van der Waals surface area contributed by atoms with Crippen LogP contribution in [0.2, 0.25) is 0 Å². The van der Waals surface area contributed by atoms with E-state index < -0.39 is 5.97 Å². The number of hydrogen-bond acceptors (Lipinski definition) is 5. The molecule has 0 amide bonds. The molecule has 6 heteroatoms. The highest BCUT2D eigenvalue weighted by molar-refractivity contribution is 5.69. The van der Waals surface area contributed by atoms with Crippen LogP contribution >= 0.6 is 0 Å². The zero-order valence-electron chi connectivity index (χ0n) is 8.72. The van der Waals surface area contributed by atoms with Crippen molar-refractivity contribution in [2.24, 2.45) is 0 Å². The van der Waals surface area contributed by atoms with Crippen LogP contribution < -0.4 is 4.74 Å². The molecule has 2 heterocycles. The minimum absolute atomic E-state index is 0.193. The molecule has 2 rings (SSSR count). The summed E-state index contributed by atoms with van der Waals surface area (Å²) in [5.41, 5.74) is 0. The maximum Gasteiger partial charge on any atom is 0.311 e. The number of aliphatic carboxylic acids is 1. The fraction of sp³-hybridized carbons (Fsp3) is 0.600. The van der Waals surface area contributed by atoms with Crippen molar-refractivity contribution in [3.8, 4) is 5.88 Å². The Hall–Kier alpha value is -1.56. The van der Waals surface area contributed by atoms with Crippen molar-refractivity contribution in [3.63, 3.8) is 0 Å². The summed E-state index contributed by atoms with van der Waals surface area (Å²) >= 11 is 0. The summed E-state index contributed by atoms with van der Waals surface area (Å²) in [6.45, 7) is 0.685. The van der Waals surface area contributed by atoms with E-state index in [1.807, 2.05) is 0 Å². The minimum Gasteiger partial charge on any atom is -0.481 e. The molecule has 0 radical (unpaired) electrons. The maximum absolute atomic E-state index is 10.4. The summed E-state index contributed by atoms with van der Waals surface area (Å²) in [6, 6.07) is 1.48. The van der Waals surface area contributed by atoms with Crippen LogP contribution in [0.4, 0.5) is 0 Å². The number of nitrogens with zero attached hydrogens (tertiary/aromatic N) is 1. The van der Waals surface area contributed by atoms with Gasteiger partial charge in [0.15, 0.2) is 5.76 Å². The third-order valence-corrected chi connectivity index (χ3v) is 2.25. The molecule has 1 unspecified atom stereocenters. The highest BCUT2D eigenvalue weighted by Gasteiger charge is 2.17. The quantitative estimate of drug-likeness (QED) is 0.832. The first kappa shape index (κ1) is 10.9. The van der Waals surface area contributed by atoms with Gasteiger partial charge in [0.2, 0.25) is 6.29 Å². The molecule has 1 aromatic heterocycles. The first-order valence-corrected chi connectivity index (χ1v) is 5.19. The number of aromatic nitrogens is 1. The monoisotopic (exact) mass is 227 g/mol. The second-order valence-electron chi connectivity index (χ2n) is 3.62. The van der Waals surface area contributed by atoms with Gasteiger partial charge in [-0.25, -0.2) is 0 Å². The number of carboxylic acids is 1. The molecule has 1 aliphatic heterocycles. The molecule has 6 nitrogen and oxygen atoms in total. The average Bonchev–Trinajstić information content (AvgIpc) is 2.66. The first-order valence-electron chi connectivity index (χ1n) is 5.19. The van der Waals surface area contributed by atoms with Gasteiger partial charge in [-0.2, -0.15) is 0 Å². The van der Waals surface area contributed by atoms with Crippen LogP contribution in [0.1, 0.15) is 25.0 Å². The van der Waals surface area contributed by atoms with Crippen LogP contribution in [0.15, 0.2) is 10.6 Å². The third kappa shape index (κ3) is 2.96. The van der Waals surface area contributed by atoms with Crippen molar-refractivity contribution < 1.29 is 23.9 Å². The zero-order chi connectivity index (χ0) is 11.4. The fourth-order valence-electron chi connectivity index (χ4n) is 1.52. The molecule has 0 saturated carbocycles. The summed E-state index contributed by atoms with van der Waals surface area (Å²) in [7, 11) is 0. The predicted molar refractivity (Wildman–Crippen MR) is 52.1 cm³/mol. The van der Waals surface area contributed by atoms with Crippen molar-refractivity contribution in [1.29, 1.82) is 0 Å². The van der Waals surface area contributed by atoms with Crippen LogP contribution in [0.3, 0.4) is 0 Å². The fourth-order valence-corrected chi connectivity index (χ4v) is 1.52. The van der Waals surface area contributed by atoms with E-state index in [0.717, 1.165) is 19.3 Å². The molecule has 0 bridgehead atoms. The lowest BCUT2D eigenvalue weighted by Gasteiger charge is -2.21. The number of hydrogen-bond donors (Lipinski definition) is 1. The molecular weight excluding hydrogens is 214 g/mol. The lowest BCUT2D eigenvalue weighted by Crippen LogP contribution is -2.25. The lowest BCUT2D eigenvalue weighted by molar-refractivity contribution is -0.136. The molecule has 0 aromatic carbocycles. The zero-order valence-corrected chi connectivity index (χ0v) is 8.72. The minimum atomic E-state index is -0.961. The number of ether oxygens (including phenoxy) is 2. The molecule has 0 aliphatic carbocycles. The van der Waals surface area contributed by atoms with E-state index in [1.165, 1.54) is 6.07 Å². The van der Waals surface area contributed by atoms with E-state index in [9.17, 15) is 4.79 Å². The molecule has 1 aromatic rings. The molecule has 1 atom stereocenters. The van der Waals surface area contributed by atoms with Gasteiger partial charge in [-0.15, -0.1) is 0 Å². The Kier molecular flexibility index (Phi) is 3.40. The van der Waals surface area contributed by atoms with Crippen molar-refractivity contribution >= 4 is 5.97 Å². The van der Waals surface area contributed by atoms with Gasteiger partial charge < -0.3 is 19.1 Å². The van der Waals surface area contributed by atoms with Crippen molar-refractivity contribution in [2.45, 2.75) is 32.0 Å². The van der Waals surface area contributed by atoms with Gasteiger partial charge >= 0.3 is 5.97 Å². The first-order chi connectivity index (χ1) is 7.74. The van der Waals surface area contributed by atoms with Gasteiger partial charge in [0.05, 0.1) is 6.61 Å². The Morgan fingerprint density at radius 2 is 2.50 bits per heavy atom. The number of carboxylic acid groups (broad SMARTS) is 1. The van der Waals surface area contributed by atoms with Crippen molar-refractivity contribution in [2.75, 3.05) is 6.61 Å². The Morgan fingerprint density at radius 1 is 1.62 bits per heavy atom. The van der Waals surface area contributed by atoms with Crippen LogP contribution in [0.5, 0.6) is 5.88 Å². The Labute approximate surface area is 92.1 Å². The highest BCUT2D eigenvalue weighted by atomic mass is 16.7. The SMILES string of the molecule is O=C(O)Cc1cc(OC2CCCCO2)no1. The molecule has 1 aliphatic rings. The van der Waals surface area contributed by atoms with Gasteiger partial charge in [0, 0.05) is 12.5 Å². The Morgan fingerprint density at radius 3 is 3.19 bits per heavy atom. The van der Waals surface area contributed by atoms with Gasteiger partial charge in [0.25, 0.3) is 5.88 Å². The van der Waals surface area contributed by atoms with E-state index in [0.29, 0.717) is 6.61 Å². The van der Waals surface area contributed by atoms with Crippen LogP contribution in [0.25, 0.3) is 0 Å². The number of carbonyl (C=O) groups is 1. The topological polar surface area (TPSA) is 81.8 Å². The molecule has 1 N–H and O–H groups in total. The van der Waals surface area contributed by atoms with Crippen molar-refractivity contribution in [3.05, 3.63) is 11.8 Å². The van der Waals surface area contributed by atoms with Crippen LogP contribution in [0, 0.1) is 0 Å². The lowest BCUT2D eigenvalue weighted by atomic mass is 10.2. The van der Waals surface area contributed by atoms with Crippen molar-refractivity contribution in [1.82, 2.24) is 5.16 Å². The van der Waals surface area contributed by atoms with Gasteiger partial charge in [-0.05, 0) is 18.0 Å². The van der Waals surface area contributed by atoms with E-state index in [1.54, 1.807) is 0 Å². The van der Waals surface area contributed by atoms with E-state index in [4.69, 9.17) is 19.1 Å². The molecular formula is C10H13NO5. The molecule has 88 valence electrons. The second-order valence-corrected chi connectivity index (χ2v) is 3.62. The maximum atomic E-state index is 10.4. The summed E-state index contributed by atoms with van der Waals surface area (Å²) < 4.78 is 15.6. The third-order valence-electron chi connectivity index (χ3n) is 2.25. The Balaban J connectivity index is 1.88. The molecule has 0 spiro atoms. The van der Waals surface area contributed by atoms with E-state index >= 15 is 0 Å². The smallest absolute Gasteiger partial charge is 0.311 e. The molecule has 16 heavy (non-hydrogen) atoms. The summed E-state index contributed by atoms with van der Waals surface area (Å²) in [6.07, 6.45) is 2.44. The van der Waals surface area contributed by atoms with Gasteiger partial charge in [-0.3, -0.25) is 4.79 Å². The standard InChI is InChI=1S/C10H13NO5/c12-9(13)6-7-5-8(11-16-7)15-10-3-1-2-4-14-10/h5,10H,1-4,6H2,(H,12,13). The van der Waals surface area contributed by atoms with E-state index in [-0.39, 0.29) is 24.4 Å². The molecule has 1 saturated heterocycles. The average molecular weight is 227 g/mol.